The first-order valence-electron chi connectivity index (χ1n) is 18.1. The van der Waals surface area contributed by atoms with Crippen molar-refractivity contribution in [2.24, 2.45) is 5.92 Å². The number of phenolic OH excluding ortho intramolecular Hbond substituents is 1. The second kappa shape index (κ2) is 19.9. The number of carbonyl (C=O) groups excluding carboxylic acids is 4. The van der Waals surface area contributed by atoms with Gasteiger partial charge in [0, 0.05) is 13.0 Å². The molecule has 2 aromatic carbocycles. The fourth-order valence-electron chi connectivity index (χ4n) is 5.57. The van der Waals surface area contributed by atoms with Gasteiger partial charge in [-0.2, -0.15) is 0 Å². The van der Waals surface area contributed by atoms with Gasteiger partial charge in [-0.1, -0.05) is 95.3 Å². The molecule has 0 spiro atoms. The van der Waals surface area contributed by atoms with Gasteiger partial charge >= 0.3 is 12.1 Å². The summed E-state index contributed by atoms with van der Waals surface area (Å²) in [7, 11) is 0. The van der Waals surface area contributed by atoms with E-state index in [1.807, 2.05) is 44.2 Å². The largest absolute Gasteiger partial charge is 0.508 e. The Hall–Kier alpha value is -4.08. The van der Waals surface area contributed by atoms with Crippen LogP contribution in [-0.2, 0) is 30.3 Å². The van der Waals surface area contributed by atoms with Gasteiger partial charge in [-0.15, -0.1) is 0 Å². The van der Waals surface area contributed by atoms with E-state index < -0.39 is 53.2 Å². The predicted molar refractivity (Wildman–Crippen MR) is 196 cm³/mol. The number of unbranched alkanes of at least 4 members (excludes halogenated alkanes) is 5. The van der Waals surface area contributed by atoms with Crippen LogP contribution in [0, 0.1) is 5.92 Å². The highest BCUT2D eigenvalue weighted by molar-refractivity contribution is 5.94. The molecule has 3 atom stereocenters. The van der Waals surface area contributed by atoms with Gasteiger partial charge in [-0.25, -0.2) is 9.59 Å². The molecule has 0 aliphatic heterocycles. The predicted octanol–water partition coefficient (Wildman–Crippen LogP) is 7.63. The Labute approximate surface area is 299 Å². The molecule has 0 radical (unpaired) electrons. The maximum atomic E-state index is 14.7. The number of aromatic hydroxyl groups is 1. The minimum atomic E-state index is -1.19. The molecular weight excluding hydrogens is 634 g/mol. The number of nitrogens with zero attached hydrogens (tertiary/aromatic N) is 1. The lowest BCUT2D eigenvalue weighted by atomic mass is 9.98. The molecule has 0 aromatic heterocycles. The molecule has 0 saturated heterocycles. The Morgan fingerprint density at radius 2 is 1.34 bits per heavy atom. The number of carbonyl (C=O) groups is 4. The van der Waals surface area contributed by atoms with Crippen molar-refractivity contribution in [2.75, 3.05) is 6.54 Å². The Balaban J connectivity index is 2.61. The van der Waals surface area contributed by atoms with E-state index >= 15 is 0 Å². The van der Waals surface area contributed by atoms with E-state index in [1.54, 1.807) is 53.7 Å². The quantitative estimate of drug-likeness (QED) is 0.108. The zero-order chi connectivity index (χ0) is 37.5. The lowest BCUT2D eigenvalue weighted by molar-refractivity contribution is -0.159. The van der Waals surface area contributed by atoms with Crippen molar-refractivity contribution >= 4 is 23.9 Å². The smallest absolute Gasteiger partial charge is 0.408 e. The summed E-state index contributed by atoms with van der Waals surface area (Å²) in [5.74, 6) is -1.59. The Morgan fingerprint density at radius 1 is 0.760 bits per heavy atom. The van der Waals surface area contributed by atoms with E-state index in [4.69, 9.17) is 9.47 Å². The number of nitrogens with one attached hydrogen (secondary N) is 2. The number of esters is 1. The molecule has 0 bridgehead atoms. The van der Waals surface area contributed by atoms with Crippen molar-refractivity contribution < 1.29 is 33.8 Å². The lowest BCUT2D eigenvalue weighted by Crippen LogP contribution is -2.55. The molecule has 278 valence electrons. The van der Waals surface area contributed by atoms with Crippen LogP contribution in [0.5, 0.6) is 5.75 Å². The molecule has 0 fully saturated rings. The SMILES string of the molecule is CCCCCCCCN(C(=O)C(CC(C)C)NC(=O)OC(C)(C)C)C(C(=O)NC(Cc1ccccc1)C(=O)OC(C)(C)C)c1ccc(O)cc1. The van der Waals surface area contributed by atoms with Gasteiger partial charge in [0.05, 0.1) is 0 Å². The number of hydrogen-bond donors (Lipinski definition) is 3. The van der Waals surface area contributed by atoms with Crippen LogP contribution in [0.15, 0.2) is 54.6 Å². The summed E-state index contributed by atoms with van der Waals surface area (Å²) < 4.78 is 11.2. The van der Waals surface area contributed by atoms with Gasteiger partial charge in [0.25, 0.3) is 0 Å². The molecular formula is C40H61N3O7. The minimum absolute atomic E-state index is 0.00157. The Bertz CT molecular complexity index is 1350. The van der Waals surface area contributed by atoms with Crippen molar-refractivity contribution in [3.8, 4) is 5.75 Å². The van der Waals surface area contributed by atoms with Crippen LogP contribution >= 0.6 is 0 Å². The number of benzene rings is 2. The van der Waals surface area contributed by atoms with Crippen molar-refractivity contribution in [3.63, 3.8) is 0 Å². The van der Waals surface area contributed by atoms with Gasteiger partial charge in [0.1, 0.15) is 35.1 Å². The fraction of sp³-hybridized carbons (Fsp3) is 0.600. The van der Waals surface area contributed by atoms with E-state index in [2.05, 4.69) is 17.6 Å². The van der Waals surface area contributed by atoms with Crippen LogP contribution in [-0.4, -0.2) is 63.7 Å². The van der Waals surface area contributed by atoms with Gasteiger partial charge in [0.15, 0.2) is 0 Å². The minimum Gasteiger partial charge on any atom is -0.508 e. The van der Waals surface area contributed by atoms with Gasteiger partial charge in [0.2, 0.25) is 11.8 Å². The first kappa shape index (κ1) is 42.1. The molecule has 0 aliphatic carbocycles. The summed E-state index contributed by atoms with van der Waals surface area (Å²) in [6, 6.07) is 12.2. The summed E-state index contributed by atoms with van der Waals surface area (Å²) in [4.78, 5) is 57.3. The highest BCUT2D eigenvalue weighted by Gasteiger charge is 2.38. The highest BCUT2D eigenvalue weighted by Crippen LogP contribution is 2.27. The van der Waals surface area contributed by atoms with Crippen molar-refractivity contribution in [1.29, 1.82) is 0 Å². The number of rotatable bonds is 18. The van der Waals surface area contributed by atoms with Crippen LogP contribution in [0.2, 0.25) is 0 Å². The van der Waals surface area contributed by atoms with E-state index in [0.717, 1.165) is 37.7 Å². The van der Waals surface area contributed by atoms with Crippen LogP contribution in [0.3, 0.4) is 0 Å². The summed E-state index contributed by atoms with van der Waals surface area (Å²) in [6.07, 6.45) is 5.49. The average molecular weight is 696 g/mol. The van der Waals surface area contributed by atoms with Gasteiger partial charge in [-0.05, 0) is 83.6 Å². The third kappa shape index (κ3) is 15.6. The van der Waals surface area contributed by atoms with Crippen LogP contribution < -0.4 is 10.6 Å². The van der Waals surface area contributed by atoms with Crippen molar-refractivity contribution in [1.82, 2.24) is 15.5 Å². The van der Waals surface area contributed by atoms with Crippen molar-refractivity contribution in [2.45, 2.75) is 143 Å². The fourth-order valence-corrected chi connectivity index (χ4v) is 5.57. The molecule has 10 heteroatoms. The molecule has 0 aliphatic rings. The number of ether oxygens (including phenoxy) is 2. The third-order valence-electron chi connectivity index (χ3n) is 7.79. The van der Waals surface area contributed by atoms with Crippen LogP contribution in [0.25, 0.3) is 0 Å². The zero-order valence-electron chi connectivity index (χ0n) is 31.7. The number of hydrogen-bond acceptors (Lipinski definition) is 7. The molecule has 3 amide bonds. The van der Waals surface area contributed by atoms with E-state index in [9.17, 15) is 24.3 Å². The second-order valence-corrected chi connectivity index (χ2v) is 15.4. The summed E-state index contributed by atoms with van der Waals surface area (Å²) in [6.45, 7) is 16.8. The maximum absolute atomic E-state index is 14.7. The molecule has 50 heavy (non-hydrogen) atoms. The zero-order valence-corrected chi connectivity index (χ0v) is 31.7. The summed E-state index contributed by atoms with van der Waals surface area (Å²) in [5.41, 5.74) is -0.312. The van der Waals surface area contributed by atoms with Gasteiger partial charge in [-0.3, -0.25) is 9.59 Å². The number of amides is 3. The Kier molecular flexibility index (Phi) is 16.8. The first-order valence-corrected chi connectivity index (χ1v) is 18.1. The normalized spacial score (nSPS) is 13.6. The molecule has 0 saturated carbocycles. The number of alkyl carbamates (subject to hydrolysis) is 1. The Morgan fingerprint density at radius 3 is 1.90 bits per heavy atom. The molecule has 3 unspecified atom stereocenters. The molecule has 3 N–H and O–H groups in total. The second-order valence-electron chi connectivity index (χ2n) is 15.4. The molecule has 10 nitrogen and oxygen atoms in total. The van der Waals surface area contributed by atoms with Crippen LogP contribution in [0.4, 0.5) is 4.79 Å². The highest BCUT2D eigenvalue weighted by atomic mass is 16.6. The average Bonchev–Trinajstić information content (AvgIpc) is 3.00. The van der Waals surface area contributed by atoms with Crippen molar-refractivity contribution in [3.05, 3.63) is 65.7 Å². The summed E-state index contributed by atoms with van der Waals surface area (Å²) >= 11 is 0. The molecule has 0 heterocycles. The lowest BCUT2D eigenvalue weighted by Gasteiger charge is -2.36. The summed E-state index contributed by atoms with van der Waals surface area (Å²) in [5, 5.41) is 15.8. The maximum Gasteiger partial charge on any atom is 0.408 e. The van der Waals surface area contributed by atoms with E-state index in [0.29, 0.717) is 18.4 Å². The van der Waals surface area contributed by atoms with Crippen LogP contribution in [0.1, 0.15) is 124 Å². The molecule has 2 aromatic rings. The topological polar surface area (TPSA) is 134 Å². The molecule has 2 rings (SSSR count). The van der Waals surface area contributed by atoms with E-state index in [1.165, 1.54) is 17.0 Å². The van der Waals surface area contributed by atoms with E-state index in [-0.39, 0.29) is 24.6 Å². The third-order valence-corrected chi connectivity index (χ3v) is 7.79. The standard InChI is InChI=1S/C40H61N3O7/c1-10-11-12-13-14-18-25-43(36(46)32(26-28(2)3)42-38(48)50-40(7,8)9)34(30-21-23-31(44)24-22-30)35(45)41-33(37(47)49-39(4,5)6)27-29-19-16-15-17-20-29/h15-17,19-24,28,32-34,44H,10-14,18,25-27H2,1-9H3,(H,41,45)(H,42,48). The number of phenols is 1. The van der Waals surface area contributed by atoms with Gasteiger partial charge < -0.3 is 30.1 Å². The monoisotopic (exact) mass is 695 g/mol. The first-order chi connectivity index (χ1) is 23.4.